The lowest BCUT2D eigenvalue weighted by Gasteiger charge is -2.37. The summed E-state index contributed by atoms with van der Waals surface area (Å²) in [6, 6.07) is 8.18. The predicted octanol–water partition coefficient (Wildman–Crippen LogP) is 3.40. The minimum absolute atomic E-state index is 0. The lowest BCUT2D eigenvalue weighted by Crippen LogP contribution is -2.45. The van der Waals surface area contributed by atoms with Gasteiger partial charge in [0, 0.05) is 44.9 Å². The number of nitrogens with zero attached hydrogens (tertiary/aromatic N) is 2. The minimum atomic E-state index is 0. The minimum Gasteiger partial charge on any atom is -0.492 e. The summed E-state index contributed by atoms with van der Waals surface area (Å²) in [5.74, 6) is 1.74. The van der Waals surface area contributed by atoms with Crippen molar-refractivity contribution in [3.8, 4) is 5.75 Å². The van der Waals surface area contributed by atoms with Gasteiger partial charge in [-0.05, 0) is 37.7 Å². The monoisotopic (exact) mass is 574 g/mol. The van der Waals surface area contributed by atoms with E-state index in [0.717, 1.165) is 69.6 Å². The first-order chi connectivity index (χ1) is 15.7. The average molecular weight is 575 g/mol. The second-order valence-corrected chi connectivity index (χ2v) is 8.99. The maximum Gasteiger partial charge on any atom is 0.191 e. The van der Waals surface area contributed by atoms with E-state index in [1.54, 1.807) is 0 Å². The van der Waals surface area contributed by atoms with Crippen molar-refractivity contribution in [2.75, 3.05) is 59.2 Å². The molecule has 0 unspecified atom stereocenters. The lowest BCUT2D eigenvalue weighted by molar-refractivity contribution is 0.0322. The summed E-state index contributed by atoms with van der Waals surface area (Å²) >= 11 is 0. The molecule has 188 valence electrons. The smallest absolute Gasteiger partial charge is 0.191 e. The van der Waals surface area contributed by atoms with E-state index in [-0.39, 0.29) is 36.0 Å². The Morgan fingerprint density at radius 2 is 1.91 bits per heavy atom. The van der Waals surface area contributed by atoms with Crippen molar-refractivity contribution in [2.24, 2.45) is 10.4 Å². The Hall–Kier alpha value is -1.10. The van der Waals surface area contributed by atoms with Crippen molar-refractivity contribution in [1.29, 1.82) is 0 Å². The molecule has 0 radical (unpaired) electrons. The molecule has 2 aliphatic rings. The maximum absolute atomic E-state index is 9.59. The number of aliphatic hydroxyl groups is 1. The molecule has 0 amide bonds. The van der Waals surface area contributed by atoms with E-state index in [1.807, 2.05) is 18.2 Å². The van der Waals surface area contributed by atoms with Crippen molar-refractivity contribution in [2.45, 2.75) is 52.0 Å². The Balaban J connectivity index is 0.00000385. The highest BCUT2D eigenvalue weighted by Crippen LogP contribution is 2.38. The summed E-state index contributed by atoms with van der Waals surface area (Å²) in [5.41, 5.74) is 1.28. The molecule has 0 aromatic heterocycles. The molecule has 2 fully saturated rings. The number of guanidine groups is 1. The molecule has 1 heterocycles. The summed E-state index contributed by atoms with van der Waals surface area (Å²) in [5, 5.41) is 16.5. The number of ether oxygens (including phenoxy) is 2. The highest BCUT2D eigenvalue weighted by Gasteiger charge is 2.31. The van der Waals surface area contributed by atoms with Gasteiger partial charge >= 0.3 is 0 Å². The summed E-state index contributed by atoms with van der Waals surface area (Å²) < 4.78 is 11.5. The van der Waals surface area contributed by atoms with Gasteiger partial charge in [0.15, 0.2) is 5.96 Å². The number of aliphatic hydroxyl groups excluding tert-OH is 1. The summed E-state index contributed by atoms with van der Waals surface area (Å²) in [7, 11) is 0. The van der Waals surface area contributed by atoms with Crippen LogP contribution in [-0.4, -0.2) is 75.1 Å². The van der Waals surface area contributed by atoms with Gasteiger partial charge < -0.3 is 25.2 Å². The number of benzene rings is 1. The van der Waals surface area contributed by atoms with Crippen LogP contribution in [0, 0.1) is 5.41 Å². The molecule has 0 atom stereocenters. The molecule has 3 N–H and O–H groups in total. The SMILES string of the molecule is CCNC(=NCc1ccccc1OCCN1CCOCC1)NCC1(CCO)CCCCC1.I. The van der Waals surface area contributed by atoms with E-state index in [0.29, 0.717) is 13.2 Å². The highest BCUT2D eigenvalue weighted by molar-refractivity contribution is 14.0. The molecule has 8 heteroatoms. The van der Waals surface area contributed by atoms with Crippen LogP contribution in [0.1, 0.15) is 51.0 Å². The van der Waals surface area contributed by atoms with Crippen molar-refractivity contribution in [3.05, 3.63) is 29.8 Å². The van der Waals surface area contributed by atoms with Gasteiger partial charge in [-0.1, -0.05) is 37.5 Å². The molecule has 7 nitrogen and oxygen atoms in total. The van der Waals surface area contributed by atoms with E-state index in [1.165, 1.54) is 32.1 Å². The second kappa shape index (κ2) is 15.7. The molecule has 1 saturated carbocycles. The first-order valence-corrected chi connectivity index (χ1v) is 12.4. The summed E-state index contributed by atoms with van der Waals surface area (Å²) in [6.07, 6.45) is 7.04. The van der Waals surface area contributed by atoms with Gasteiger partial charge in [-0.15, -0.1) is 24.0 Å². The number of halogens is 1. The Bertz CT molecular complexity index is 686. The highest BCUT2D eigenvalue weighted by atomic mass is 127. The zero-order chi connectivity index (χ0) is 22.5. The number of para-hydroxylation sites is 1. The summed E-state index contributed by atoms with van der Waals surface area (Å²) in [6.45, 7) is 9.74. The number of nitrogens with one attached hydrogen (secondary N) is 2. The number of morpholine rings is 1. The number of hydrogen-bond acceptors (Lipinski definition) is 5. The number of hydrogen-bond donors (Lipinski definition) is 3. The molecule has 1 aliphatic heterocycles. The first-order valence-electron chi connectivity index (χ1n) is 12.4. The van der Waals surface area contributed by atoms with Crippen LogP contribution in [0.2, 0.25) is 0 Å². The average Bonchev–Trinajstić information content (AvgIpc) is 2.83. The van der Waals surface area contributed by atoms with Crippen LogP contribution in [0.4, 0.5) is 0 Å². The molecule has 1 saturated heterocycles. The van der Waals surface area contributed by atoms with Crippen LogP contribution in [0.15, 0.2) is 29.3 Å². The van der Waals surface area contributed by atoms with E-state index < -0.39 is 0 Å². The van der Waals surface area contributed by atoms with E-state index in [4.69, 9.17) is 14.5 Å². The molecule has 0 spiro atoms. The molecule has 33 heavy (non-hydrogen) atoms. The third kappa shape index (κ3) is 9.58. The Morgan fingerprint density at radius 1 is 1.15 bits per heavy atom. The summed E-state index contributed by atoms with van der Waals surface area (Å²) in [4.78, 5) is 7.22. The van der Waals surface area contributed by atoms with Crippen LogP contribution in [0.5, 0.6) is 5.75 Å². The van der Waals surface area contributed by atoms with E-state index >= 15 is 0 Å². The van der Waals surface area contributed by atoms with Gasteiger partial charge in [-0.2, -0.15) is 0 Å². The Morgan fingerprint density at radius 3 is 2.64 bits per heavy atom. The van der Waals surface area contributed by atoms with Gasteiger partial charge in [0.1, 0.15) is 12.4 Å². The third-order valence-electron chi connectivity index (χ3n) is 6.68. The molecule has 1 aromatic carbocycles. The fourth-order valence-electron chi connectivity index (χ4n) is 4.72. The topological polar surface area (TPSA) is 78.4 Å². The largest absolute Gasteiger partial charge is 0.492 e. The first kappa shape index (κ1) is 28.1. The molecule has 3 rings (SSSR count). The van der Waals surface area contributed by atoms with Gasteiger partial charge in [-0.25, -0.2) is 4.99 Å². The molecule has 1 aromatic rings. The zero-order valence-electron chi connectivity index (χ0n) is 20.2. The van der Waals surface area contributed by atoms with Crippen LogP contribution >= 0.6 is 24.0 Å². The van der Waals surface area contributed by atoms with Crippen LogP contribution < -0.4 is 15.4 Å². The van der Waals surface area contributed by atoms with Crippen molar-refractivity contribution >= 4 is 29.9 Å². The van der Waals surface area contributed by atoms with Gasteiger partial charge in [-0.3, -0.25) is 4.90 Å². The molecular formula is C25H43IN4O3. The Kier molecular flexibility index (Phi) is 13.4. The van der Waals surface area contributed by atoms with Crippen LogP contribution in [-0.2, 0) is 11.3 Å². The van der Waals surface area contributed by atoms with Crippen LogP contribution in [0.3, 0.4) is 0 Å². The molecule has 1 aliphatic carbocycles. The number of rotatable bonds is 11. The van der Waals surface area contributed by atoms with Gasteiger partial charge in [0.25, 0.3) is 0 Å². The van der Waals surface area contributed by atoms with Crippen molar-refractivity contribution in [3.63, 3.8) is 0 Å². The third-order valence-corrected chi connectivity index (χ3v) is 6.68. The van der Waals surface area contributed by atoms with Gasteiger partial charge in [0.2, 0.25) is 0 Å². The van der Waals surface area contributed by atoms with Crippen LogP contribution in [0.25, 0.3) is 0 Å². The molecule has 0 bridgehead atoms. The quantitative estimate of drug-likeness (QED) is 0.214. The second-order valence-electron chi connectivity index (χ2n) is 8.99. The standard InChI is InChI=1S/C25H42N4O3.HI/c1-2-26-24(28-21-25(12-16-30)10-6-3-7-11-25)27-20-22-8-4-5-9-23(22)32-19-15-29-13-17-31-18-14-29;/h4-5,8-9,30H,2-3,6-7,10-21H2,1H3,(H2,26,27,28);1H. The fraction of sp³-hybridized carbons (Fsp3) is 0.720. The predicted molar refractivity (Wildman–Crippen MR) is 145 cm³/mol. The van der Waals surface area contributed by atoms with Crippen molar-refractivity contribution in [1.82, 2.24) is 15.5 Å². The normalized spacial score (nSPS) is 18.9. The van der Waals surface area contributed by atoms with E-state index in [9.17, 15) is 5.11 Å². The zero-order valence-corrected chi connectivity index (χ0v) is 22.5. The maximum atomic E-state index is 9.59. The van der Waals surface area contributed by atoms with Gasteiger partial charge in [0.05, 0.1) is 19.8 Å². The number of aliphatic imine (C=N–C) groups is 1. The van der Waals surface area contributed by atoms with E-state index in [2.05, 4.69) is 28.5 Å². The molecular weight excluding hydrogens is 531 g/mol. The fourth-order valence-corrected chi connectivity index (χ4v) is 4.72. The lowest BCUT2D eigenvalue weighted by atomic mass is 9.72. The Labute approximate surface area is 216 Å². The van der Waals surface area contributed by atoms with Crippen molar-refractivity contribution < 1.29 is 14.6 Å².